The molecule has 2 N–H and O–H groups in total. The van der Waals surface area contributed by atoms with Crippen LogP contribution in [0.3, 0.4) is 0 Å². The van der Waals surface area contributed by atoms with Crippen LogP contribution >= 0.6 is 7.60 Å². The summed E-state index contributed by atoms with van der Waals surface area (Å²) in [5.41, 5.74) is 6.23. The molecule has 0 unspecified atom stereocenters. The van der Waals surface area contributed by atoms with Crippen molar-refractivity contribution in [1.29, 1.82) is 0 Å². The molecular weight excluding hydrogens is 465 g/mol. The summed E-state index contributed by atoms with van der Waals surface area (Å²) in [6.45, 7) is 10.4. The van der Waals surface area contributed by atoms with Gasteiger partial charge >= 0.3 is 19.5 Å². The maximum Gasteiger partial charge on any atom is 0.330 e. The van der Waals surface area contributed by atoms with Gasteiger partial charge in [-0.15, -0.1) is 0 Å². The third-order valence-corrected chi connectivity index (χ3v) is 7.67. The number of hydrogen-bond donors (Lipinski definition) is 1. The second-order valence-electron chi connectivity index (χ2n) is 8.21. The molecule has 1 saturated heterocycles. The number of rotatable bonds is 11. The van der Waals surface area contributed by atoms with Gasteiger partial charge in [-0.1, -0.05) is 13.8 Å². The highest BCUT2D eigenvalue weighted by Gasteiger charge is 2.45. The molecule has 34 heavy (non-hydrogen) atoms. The van der Waals surface area contributed by atoms with Crippen molar-refractivity contribution in [2.24, 2.45) is 11.8 Å². The number of esters is 2. The number of carbonyl (C=O) groups excluding carboxylic acids is 2. The Morgan fingerprint density at radius 3 is 2.24 bits per heavy atom. The van der Waals surface area contributed by atoms with E-state index in [2.05, 4.69) is 0 Å². The molecule has 192 valence electrons. The minimum atomic E-state index is -3.33. The summed E-state index contributed by atoms with van der Waals surface area (Å²) in [5, 5.41) is 0. The highest BCUT2D eigenvalue weighted by Crippen LogP contribution is 2.50. The first-order valence-electron chi connectivity index (χ1n) is 11.4. The molecule has 0 amide bonds. The second-order valence-corrected chi connectivity index (χ2v) is 10.4. The van der Waals surface area contributed by atoms with Crippen molar-refractivity contribution < 1.29 is 42.1 Å². The van der Waals surface area contributed by atoms with Gasteiger partial charge in [0.25, 0.3) is 0 Å². The predicted octanol–water partition coefficient (Wildman–Crippen LogP) is 4.16. The monoisotopic (exact) mass is 501 g/mol. The first-order valence-corrected chi connectivity index (χ1v) is 13.2. The fourth-order valence-electron chi connectivity index (χ4n) is 3.83. The standard InChI is InChI=1S/C23H36NO9P/c1-7-28-34(27,29-8-2)12-11-20-22(31-17(6)26)14(3)15(4)23(33-20)32-19-10-9-18(24)13-21(19)30-16(5)25/h9-10,13-15,20,22-23H,7-8,11-12,24H2,1-6H3/t14-,15+,20-,22+,23+/m1/s1. The van der Waals surface area contributed by atoms with E-state index in [0.717, 1.165) is 0 Å². The zero-order valence-electron chi connectivity index (χ0n) is 20.6. The SMILES string of the molecule is CCOP(=O)(CC[C@H]1O[C@H](Oc2ccc(N)cc2OC(C)=O)[C@@H](C)[C@@H](C)[C@@H]1OC(C)=O)OCC. The number of anilines is 1. The molecule has 1 aliphatic rings. The lowest BCUT2D eigenvalue weighted by molar-refractivity contribution is -0.239. The van der Waals surface area contributed by atoms with E-state index >= 15 is 0 Å². The number of hydrogen-bond acceptors (Lipinski definition) is 10. The average Bonchev–Trinajstić information content (AvgIpc) is 2.74. The number of benzene rings is 1. The van der Waals surface area contributed by atoms with Crippen LogP contribution in [0.1, 0.15) is 48.0 Å². The van der Waals surface area contributed by atoms with Crippen LogP contribution in [0, 0.1) is 11.8 Å². The molecule has 1 aromatic carbocycles. The van der Waals surface area contributed by atoms with Crippen LogP contribution < -0.4 is 15.2 Å². The van der Waals surface area contributed by atoms with E-state index < -0.39 is 38.0 Å². The van der Waals surface area contributed by atoms with Crippen molar-refractivity contribution in [3.63, 3.8) is 0 Å². The van der Waals surface area contributed by atoms with E-state index in [0.29, 0.717) is 5.69 Å². The molecule has 0 spiro atoms. The lowest BCUT2D eigenvalue weighted by Crippen LogP contribution is -2.53. The Labute approximate surface area is 200 Å². The van der Waals surface area contributed by atoms with Crippen LogP contribution in [-0.2, 0) is 32.7 Å². The molecule has 0 radical (unpaired) electrons. The van der Waals surface area contributed by atoms with Gasteiger partial charge < -0.3 is 33.7 Å². The Morgan fingerprint density at radius 1 is 1.03 bits per heavy atom. The number of nitrogens with two attached hydrogens (primary N) is 1. The van der Waals surface area contributed by atoms with E-state index in [1.165, 1.54) is 19.9 Å². The minimum absolute atomic E-state index is 0.0888. The number of nitrogen functional groups attached to an aromatic ring is 1. The van der Waals surface area contributed by atoms with Crippen molar-refractivity contribution in [3.8, 4) is 11.5 Å². The maximum absolute atomic E-state index is 13.0. The van der Waals surface area contributed by atoms with E-state index in [-0.39, 0.29) is 49.1 Å². The van der Waals surface area contributed by atoms with Crippen molar-refractivity contribution in [3.05, 3.63) is 18.2 Å². The molecule has 10 nitrogen and oxygen atoms in total. The van der Waals surface area contributed by atoms with Crippen molar-refractivity contribution in [2.45, 2.75) is 66.5 Å². The van der Waals surface area contributed by atoms with E-state index in [1.54, 1.807) is 26.0 Å². The Hall–Kier alpha value is -2.13. The average molecular weight is 502 g/mol. The summed E-state index contributed by atoms with van der Waals surface area (Å²) in [6.07, 6.45) is -1.62. The summed E-state index contributed by atoms with van der Waals surface area (Å²) >= 11 is 0. The second kappa shape index (κ2) is 12.5. The quantitative estimate of drug-likeness (QED) is 0.204. The van der Waals surface area contributed by atoms with Crippen LogP contribution in [0.2, 0.25) is 0 Å². The van der Waals surface area contributed by atoms with Gasteiger partial charge in [-0.3, -0.25) is 14.2 Å². The van der Waals surface area contributed by atoms with Crippen molar-refractivity contribution >= 4 is 25.2 Å². The third-order valence-electron chi connectivity index (χ3n) is 5.56. The molecule has 0 aliphatic carbocycles. The minimum Gasteiger partial charge on any atom is -0.461 e. The molecule has 1 aliphatic heterocycles. The predicted molar refractivity (Wildman–Crippen MR) is 126 cm³/mol. The number of carbonyl (C=O) groups is 2. The molecule has 2 rings (SSSR count). The van der Waals surface area contributed by atoms with Gasteiger partial charge in [0, 0.05) is 37.4 Å². The number of ether oxygens (including phenoxy) is 4. The van der Waals surface area contributed by atoms with Gasteiger partial charge in [0.1, 0.15) is 6.10 Å². The van der Waals surface area contributed by atoms with Gasteiger partial charge in [-0.25, -0.2) is 0 Å². The van der Waals surface area contributed by atoms with Crippen LogP contribution in [0.15, 0.2) is 18.2 Å². The van der Waals surface area contributed by atoms with E-state index in [1.807, 2.05) is 13.8 Å². The Morgan fingerprint density at radius 2 is 1.68 bits per heavy atom. The molecule has 11 heteroatoms. The lowest BCUT2D eigenvalue weighted by Gasteiger charge is -2.44. The smallest absolute Gasteiger partial charge is 0.330 e. The topological polar surface area (TPSA) is 133 Å². The third kappa shape index (κ3) is 7.70. The summed E-state index contributed by atoms with van der Waals surface area (Å²) in [6, 6.07) is 4.71. The zero-order valence-corrected chi connectivity index (χ0v) is 21.5. The Balaban J connectivity index is 2.28. The van der Waals surface area contributed by atoms with Crippen LogP contribution in [-0.4, -0.2) is 49.8 Å². The van der Waals surface area contributed by atoms with Gasteiger partial charge in [-0.05, 0) is 32.4 Å². The van der Waals surface area contributed by atoms with Crippen LogP contribution in [0.4, 0.5) is 5.69 Å². The molecular formula is C23H36NO9P. The van der Waals surface area contributed by atoms with Crippen LogP contribution in [0.25, 0.3) is 0 Å². The lowest BCUT2D eigenvalue weighted by atomic mass is 9.83. The van der Waals surface area contributed by atoms with Gasteiger partial charge in [0.2, 0.25) is 6.29 Å². The summed E-state index contributed by atoms with van der Waals surface area (Å²) in [4.78, 5) is 23.3. The first kappa shape index (κ1) is 28.1. The largest absolute Gasteiger partial charge is 0.461 e. The molecule has 5 atom stereocenters. The Bertz CT molecular complexity index is 883. The summed E-state index contributed by atoms with van der Waals surface area (Å²) in [5.74, 6) is -0.854. The fourth-order valence-corrected chi connectivity index (χ4v) is 5.52. The van der Waals surface area contributed by atoms with Crippen molar-refractivity contribution in [1.82, 2.24) is 0 Å². The van der Waals surface area contributed by atoms with Gasteiger partial charge in [-0.2, -0.15) is 0 Å². The maximum atomic E-state index is 13.0. The highest BCUT2D eigenvalue weighted by atomic mass is 31.2. The van der Waals surface area contributed by atoms with Gasteiger partial charge in [0.05, 0.1) is 25.5 Å². The molecule has 0 aromatic heterocycles. The van der Waals surface area contributed by atoms with E-state index in [4.69, 9.17) is 33.7 Å². The molecule has 0 saturated carbocycles. The first-order chi connectivity index (χ1) is 16.0. The normalized spacial score (nSPS) is 24.9. The molecule has 0 bridgehead atoms. The van der Waals surface area contributed by atoms with E-state index in [9.17, 15) is 14.2 Å². The summed E-state index contributed by atoms with van der Waals surface area (Å²) in [7, 11) is -3.33. The Kier molecular flexibility index (Phi) is 10.4. The summed E-state index contributed by atoms with van der Waals surface area (Å²) < 4.78 is 46.9. The highest BCUT2D eigenvalue weighted by molar-refractivity contribution is 7.53. The van der Waals surface area contributed by atoms with Crippen LogP contribution in [0.5, 0.6) is 11.5 Å². The fraction of sp³-hybridized carbons (Fsp3) is 0.652. The van der Waals surface area contributed by atoms with Gasteiger partial charge in [0.15, 0.2) is 11.5 Å². The zero-order chi connectivity index (χ0) is 25.5. The molecule has 1 fully saturated rings. The van der Waals surface area contributed by atoms with Crippen molar-refractivity contribution in [2.75, 3.05) is 25.1 Å². The molecule has 1 aromatic rings. The molecule has 1 heterocycles.